The number of carbonyl (C=O) groups is 2. The zero-order chi connectivity index (χ0) is 12.9. The van der Waals surface area contributed by atoms with Crippen LogP contribution in [0, 0.1) is 0 Å². The molecule has 1 aliphatic rings. The van der Waals surface area contributed by atoms with Crippen molar-refractivity contribution in [1.29, 1.82) is 0 Å². The van der Waals surface area contributed by atoms with E-state index in [2.05, 4.69) is 0 Å². The SMILES string of the molecule is CC1=Cc2c(O)c(Cl)c(Cl)c(O)c2C(=O)C1=O. The molecule has 0 saturated heterocycles. The number of carbonyl (C=O) groups excluding carboxylic acids is 2. The highest BCUT2D eigenvalue weighted by Crippen LogP contribution is 2.46. The second-order valence-corrected chi connectivity index (χ2v) is 4.36. The van der Waals surface area contributed by atoms with Crippen molar-refractivity contribution in [2.24, 2.45) is 0 Å². The van der Waals surface area contributed by atoms with E-state index in [0.717, 1.165) is 0 Å². The van der Waals surface area contributed by atoms with Crippen LogP contribution in [0.3, 0.4) is 0 Å². The first-order chi connectivity index (χ1) is 7.86. The summed E-state index contributed by atoms with van der Waals surface area (Å²) in [6, 6.07) is 0. The Kier molecular flexibility index (Phi) is 2.64. The highest BCUT2D eigenvalue weighted by Gasteiger charge is 2.33. The summed E-state index contributed by atoms with van der Waals surface area (Å²) < 4.78 is 0. The summed E-state index contributed by atoms with van der Waals surface area (Å²) in [5.74, 6) is -2.67. The summed E-state index contributed by atoms with van der Waals surface area (Å²) in [6.45, 7) is 1.43. The van der Waals surface area contributed by atoms with Crippen LogP contribution in [0.4, 0.5) is 0 Å². The first-order valence-corrected chi connectivity index (χ1v) is 5.32. The minimum absolute atomic E-state index is 0.0130. The third kappa shape index (κ3) is 1.52. The second-order valence-electron chi connectivity index (χ2n) is 3.60. The van der Waals surface area contributed by atoms with Gasteiger partial charge in [0.05, 0.1) is 5.56 Å². The van der Waals surface area contributed by atoms with Gasteiger partial charge in [-0.05, 0) is 13.0 Å². The number of hydrogen-bond donors (Lipinski definition) is 2. The molecule has 1 aliphatic carbocycles. The number of ketones is 2. The predicted molar refractivity (Wildman–Crippen MR) is 62.8 cm³/mol. The number of rotatable bonds is 0. The molecule has 88 valence electrons. The van der Waals surface area contributed by atoms with Crippen LogP contribution in [0.15, 0.2) is 5.57 Å². The third-order valence-corrected chi connectivity index (χ3v) is 3.35. The lowest BCUT2D eigenvalue weighted by atomic mass is 9.89. The van der Waals surface area contributed by atoms with Crippen molar-refractivity contribution in [2.75, 3.05) is 0 Å². The van der Waals surface area contributed by atoms with Crippen molar-refractivity contribution >= 4 is 40.8 Å². The maximum atomic E-state index is 11.7. The minimum Gasteiger partial charge on any atom is -0.506 e. The van der Waals surface area contributed by atoms with E-state index in [1.54, 1.807) is 0 Å². The second kappa shape index (κ2) is 3.75. The zero-order valence-electron chi connectivity index (χ0n) is 8.54. The lowest BCUT2D eigenvalue weighted by Gasteiger charge is -2.16. The molecule has 0 heterocycles. The van der Waals surface area contributed by atoms with Crippen LogP contribution in [0.1, 0.15) is 22.8 Å². The van der Waals surface area contributed by atoms with Crippen LogP contribution in [-0.2, 0) is 4.79 Å². The molecular formula is C11H6Cl2O4. The lowest BCUT2D eigenvalue weighted by molar-refractivity contribution is -0.111. The van der Waals surface area contributed by atoms with E-state index in [9.17, 15) is 19.8 Å². The van der Waals surface area contributed by atoms with E-state index < -0.39 is 23.1 Å². The van der Waals surface area contributed by atoms with E-state index in [-0.39, 0.29) is 26.7 Å². The maximum Gasteiger partial charge on any atom is 0.237 e. The molecule has 2 N–H and O–H groups in total. The fourth-order valence-electron chi connectivity index (χ4n) is 1.63. The number of phenolic OH excluding ortho intramolecular Hbond substituents is 2. The molecule has 0 unspecified atom stereocenters. The molecule has 1 aromatic rings. The molecule has 0 aromatic heterocycles. The van der Waals surface area contributed by atoms with Crippen molar-refractivity contribution in [3.8, 4) is 11.5 Å². The molecule has 6 heteroatoms. The zero-order valence-corrected chi connectivity index (χ0v) is 10.1. The van der Waals surface area contributed by atoms with Gasteiger partial charge in [-0.2, -0.15) is 0 Å². The Morgan fingerprint density at radius 2 is 1.53 bits per heavy atom. The molecule has 0 spiro atoms. The molecule has 0 saturated carbocycles. The number of Topliss-reactive ketones (excluding diaryl/α,β-unsaturated/α-hetero) is 2. The monoisotopic (exact) mass is 272 g/mol. The largest absolute Gasteiger partial charge is 0.506 e. The van der Waals surface area contributed by atoms with Crippen LogP contribution in [0.25, 0.3) is 6.08 Å². The third-order valence-electron chi connectivity index (χ3n) is 2.52. The number of halogens is 2. The average Bonchev–Trinajstić information content (AvgIpc) is 2.30. The number of benzene rings is 1. The molecule has 4 nitrogen and oxygen atoms in total. The van der Waals surface area contributed by atoms with Gasteiger partial charge in [0, 0.05) is 11.1 Å². The maximum absolute atomic E-state index is 11.7. The quantitative estimate of drug-likeness (QED) is 0.562. The molecule has 0 fully saturated rings. The number of phenols is 2. The van der Waals surface area contributed by atoms with Crippen molar-refractivity contribution in [1.82, 2.24) is 0 Å². The van der Waals surface area contributed by atoms with Crippen molar-refractivity contribution in [2.45, 2.75) is 6.92 Å². The average molecular weight is 273 g/mol. The minimum atomic E-state index is -0.911. The number of allylic oxidation sites excluding steroid dienone is 1. The van der Waals surface area contributed by atoms with Crippen molar-refractivity contribution in [3.63, 3.8) is 0 Å². The lowest BCUT2D eigenvalue weighted by Crippen LogP contribution is -2.20. The fourth-order valence-corrected chi connectivity index (χ4v) is 2.00. The van der Waals surface area contributed by atoms with E-state index in [1.807, 2.05) is 0 Å². The van der Waals surface area contributed by atoms with Crippen LogP contribution < -0.4 is 0 Å². The van der Waals surface area contributed by atoms with E-state index in [0.29, 0.717) is 0 Å². The number of fused-ring (bicyclic) bond motifs is 1. The van der Waals surface area contributed by atoms with Gasteiger partial charge in [-0.15, -0.1) is 0 Å². The molecule has 0 atom stereocenters. The van der Waals surface area contributed by atoms with E-state index >= 15 is 0 Å². The standard InChI is InChI=1S/C11H6Cl2O4/c1-3-2-4-5(11(17)8(3)14)10(16)7(13)6(12)9(4)15/h2,15-16H,1H3. The van der Waals surface area contributed by atoms with Gasteiger partial charge in [0.2, 0.25) is 11.6 Å². The van der Waals surface area contributed by atoms with Gasteiger partial charge in [0.1, 0.15) is 21.5 Å². The highest BCUT2D eigenvalue weighted by atomic mass is 35.5. The Labute approximate surface area is 106 Å². The number of hydrogen-bond acceptors (Lipinski definition) is 4. The number of aromatic hydroxyl groups is 2. The fraction of sp³-hybridized carbons (Fsp3) is 0.0909. The van der Waals surface area contributed by atoms with Crippen molar-refractivity contribution in [3.05, 3.63) is 26.7 Å². The van der Waals surface area contributed by atoms with Gasteiger partial charge in [-0.3, -0.25) is 9.59 Å². The normalized spacial score (nSPS) is 14.6. The van der Waals surface area contributed by atoms with Gasteiger partial charge < -0.3 is 10.2 Å². The molecule has 1 aromatic carbocycles. The van der Waals surface area contributed by atoms with Gasteiger partial charge in [0.15, 0.2) is 0 Å². The molecule has 0 amide bonds. The van der Waals surface area contributed by atoms with Crippen LogP contribution >= 0.6 is 23.2 Å². The van der Waals surface area contributed by atoms with Gasteiger partial charge in [-0.25, -0.2) is 0 Å². The summed E-state index contributed by atoms with van der Waals surface area (Å²) in [7, 11) is 0. The van der Waals surface area contributed by atoms with Gasteiger partial charge in [0.25, 0.3) is 0 Å². The summed E-state index contributed by atoms with van der Waals surface area (Å²) in [5, 5.41) is 18.8. The summed E-state index contributed by atoms with van der Waals surface area (Å²) >= 11 is 11.3. The molecule has 0 aliphatic heterocycles. The van der Waals surface area contributed by atoms with Crippen LogP contribution in [0.2, 0.25) is 10.0 Å². The Morgan fingerprint density at radius 1 is 1.00 bits per heavy atom. The molecular weight excluding hydrogens is 267 g/mol. The molecule has 0 radical (unpaired) electrons. The summed E-state index contributed by atoms with van der Waals surface area (Å²) in [6.07, 6.45) is 1.29. The van der Waals surface area contributed by atoms with Gasteiger partial charge in [-0.1, -0.05) is 23.2 Å². The Hall–Kier alpha value is -1.52. The molecule has 0 bridgehead atoms. The predicted octanol–water partition coefficient (Wildman–Crippen LogP) is 2.57. The highest BCUT2D eigenvalue weighted by molar-refractivity contribution is 6.53. The van der Waals surface area contributed by atoms with Gasteiger partial charge >= 0.3 is 0 Å². The van der Waals surface area contributed by atoms with Crippen LogP contribution in [0.5, 0.6) is 11.5 Å². The topological polar surface area (TPSA) is 74.6 Å². The van der Waals surface area contributed by atoms with E-state index in [1.165, 1.54) is 13.0 Å². The molecule has 17 heavy (non-hydrogen) atoms. The van der Waals surface area contributed by atoms with Crippen LogP contribution in [-0.4, -0.2) is 21.8 Å². The Balaban J connectivity index is 2.93. The summed E-state index contributed by atoms with van der Waals surface area (Å²) in [5.41, 5.74) is -0.137. The van der Waals surface area contributed by atoms with E-state index in [4.69, 9.17) is 23.2 Å². The molecule has 2 rings (SSSR count). The first kappa shape index (κ1) is 12.0. The smallest absolute Gasteiger partial charge is 0.237 e. The summed E-state index contributed by atoms with van der Waals surface area (Å²) in [4.78, 5) is 23.2. The first-order valence-electron chi connectivity index (χ1n) is 4.56. The Morgan fingerprint density at radius 3 is 2.12 bits per heavy atom. The van der Waals surface area contributed by atoms with Crippen molar-refractivity contribution < 1.29 is 19.8 Å². The Bertz CT molecular complexity index is 602.